The van der Waals surface area contributed by atoms with E-state index >= 15 is 0 Å². The van der Waals surface area contributed by atoms with Crippen LogP contribution < -0.4 is 5.32 Å². The summed E-state index contributed by atoms with van der Waals surface area (Å²) in [5.74, 6) is 1.05. The summed E-state index contributed by atoms with van der Waals surface area (Å²) in [5, 5.41) is 3.36. The third-order valence-corrected chi connectivity index (χ3v) is 4.48. The summed E-state index contributed by atoms with van der Waals surface area (Å²) in [6.45, 7) is 2.07. The fraction of sp³-hybridized carbons (Fsp3) is 0.438. The maximum absolute atomic E-state index is 6.00. The van der Waals surface area contributed by atoms with Crippen molar-refractivity contribution in [3.8, 4) is 11.4 Å². The zero-order valence-electron chi connectivity index (χ0n) is 13.2. The second-order valence-corrected chi connectivity index (χ2v) is 8.17. The molecule has 0 radical (unpaired) electrons. The molecule has 1 aromatic heterocycles. The number of halogens is 3. The number of nitrogens with zero attached hydrogens (tertiary/aromatic N) is 4. The summed E-state index contributed by atoms with van der Waals surface area (Å²) in [7, 11) is 2.12. The Morgan fingerprint density at radius 3 is 2.33 bits per heavy atom. The van der Waals surface area contributed by atoms with E-state index in [1.807, 2.05) is 30.3 Å². The van der Waals surface area contributed by atoms with Crippen LogP contribution in [-0.4, -0.2) is 46.0 Å². The fourth-order valence-corrected chi connectivity index (χ4v) is 2.87. The predicted molar refractivity (Wildman–Crippen MR) is 98.6 cm³/mol. The number of likely N-dealkylation sites (tertiary alicyclic amines) is 1. The molecule has 1 aliphatic rings. The van der Waals surface area contributed by atoms with Gasteiger partial charge in [0.1, 0.15) is 0 Å². The minimum atomic E-state index is -1.70. The first-order chi connectivity index (χ1) is 11.4. The first-order valence-electron chi connectivity index (χ1n) is 7.75. The van der Waals surface area contributed by atoms with Crippen molar-refractivity contribution in [2.24, 2.45) is 0 Å². The van der Waals surface area contributed by atoms with Crippen LogP contribution in [0.4, 0.5) is 5.95 Å². The summed E-state index contributed by atoms with van der Waals surface area (Å²) < 4.78 is -1.70. The molecule has 0 amide bonds. The number of nitrogens with one attached hydrogen (secondary N) is 1. The van der Waals surface area contributed by atoms with Crippen molar-refractivity contribution in [3.05, 3.63) is 36.2 Å². The lowest BCUT2D eigenvalue weighted by atomic mass is 10.1. The van der Waals surface area contributed by atoms with E-state index in [2.05, 4.69) is 32.2 Å². The van der Waals surface area contributed by atoms with Crippen LogP contribution in [0.2, 0.25) is 0 Å². The monoisotopic (exact) mass is 385 g/mol. The SMILES string of the molecule is CN1CCC(Nc2nc(-c3ccccc3)nc(C(Cl)(Cl)Cl)n2)CC1. The number of hydrogen-bond acceptors (Lipinski definition) is 5. The Balaban J connectivity index is 1.90. The first-order valence-corrected chi connectivity index (χ1v) is 8.89. The molecule has 2 aromatic rings. The smallest absolute Gasteiger partial charge is 0.250 e. The molecule has 1 N–H and O–H groups in total. The lowest BCUT2D eigenvalue weighted by Gasteiger charge is -2.29. The highest BCUT2D eigenvalue weighted by Gasteiger charge is 2.29. The maximum Gasteiger partial charge on any atom is 0.250 e. The summed E-state index contributed by atoms with van der Waals surface area (Å²) in [6.07, 6.45) is 2.04. The van der Waals surface area contributed by atoms with Gasteiger partial charge in [-0.15, -0.1) is 0 Å². The van der Waals surface area contributed by atoms with Crippen LogP contribution in [0.1, 0.15) is 18.7 Å². The van der Waals surface area contributed by atoms with Gasteiger partial charge in [0.2, 0.25) is 9.74 Å². The predicted octanol–water partition coefficient (Wildman–Crippen LogP) is 3.87. The molecule has 128 valence electrons. The molecule has 2 heterocycles. The van der Waals surface area contributed by atoms with Gasteiger partial charge in [-0.3, -0.25) is 0 Å². The van der Waals surface area contributed by atoms with E-state index in [1.54, 1.807) is 0 Å². The van der Waals surface area contributed by atoms with Gasteiger partial charge in [0.05, 0.1) is 0 Å². The summed E-state index contributed by atoms with van der Waals surface area (Å²) in [6, 6.07) is 9.89. The molecule has 5 nitrogen and oxygen atoms in total. The van der Waals surface area contributed by atoms with Crippen LogP contribution in [0.5, 0.6) is 0 Å². The second kappa shape index (κ2) is 7.40. The van der Waals surface area contributed by atoms with E-state index in [4.69, 9.17) is 34.8 Å². The number of rotatable bonds is 3. The van der Waals surface area contributed by atoms with E-state index < -0.39 is 3.79 Å². The first kappa shape index (κ1) is 17.7. The summed E-state index contributed by atoms with van der Waals surface area (Å²) >= 11 is 18.0. The number of benzene rings is 1. The van der Waals surface area contributed by atoms with E-state index in [0.717, 1.165) is 31.5 Å². The number of aromatic nitrogens is 3. The molecule has 3 rings (SSSR count). The molecule has 0 atom stereocenters. The summed E-state index contributed by atoms with van der Waals surface area (Å²) in [5.41, 5.74) is 0.849. The molecule has 0 unspecified atom stereocenters. The Hall–Kier alpha value is -1.14. The molecule has 0 spiro atoms. The minimum Gasteiger partial charge on any atom is -0.351 e. The largest absolute Gasteiger partial charge is 0.351 e. The zero-order valence-corrected chi connectivity index (χ0v) is 15.5. The third kappa shape index (κ3) is 4.48. The van der Waals surface area contributed by atoms with Gasteiger partial charge < -0.3 is 10.2 Å². The number of anilines is 1. The van der Waals surface area contributed by atoms with Gasteiger partial charge in [-0.2, -0.15) is 9.97 Å². The maximum atomic E-state index is 6.00. The highest BCUT2D eigenvalue weighted by atomic mass is 35.6. The van der Waals surface area contributed by atoms with Gasteiger partial charge in [-0.05, 0) is 33.0 Å². The number of alkyl halides is 3. The Morgan fingerprint density at radius 1 is 1.04 bits per heavy atom. The minimum absolute atomic E-state index is 0.122. The number of piperidine rings is 1. The van der Waals surface area contributed by atoms with Gasteiger partial charge in [0, 0.05) is 11.6 Å². The lowest BCUT2D eigenvalue weighted by molar-refractivity contribution is 0.263. The molecular weight excluding hydrogens is 369 g/mol. The highest BCUT2D eigenvalue weighted by molar-refractivity contribution is 6.66. The average Bonchev–Trinajstić information content (AvgIpc) is 2.57. The molecule has 1 aliphatic heterocycles. The van der Waals surface area contributed by atoms with Crippen LogP contribution >= 0.6 is 34.8 Å². The van der Waals surface area contributed by atoms with Crippen LogP contribution in [0.25, 0.3) is 11.4 Å². The zero-order chi connectivity index (χ0) is 17.2. The summed E-state index contributed by atoms with van der Waals surface area (Å²) in [4.78, 5) is 15.4. The van der Waals surface area contributed by atoms with E-state index in [-0.39, 0.29) is 5.82 Å². The van der Waals surface area contributed by atoms with Crippen LogP contribution in [0, 0.1) is 0 Å². The molecule has 1 aromatic carbocycles. The van der Waals surface area contributed by atoms with E-state index in [1.165, 1.54) is 0 Å². The Labute approximate surface area is 156 Å². The van der Waals surface area contributed by atoms with Gasteiger partial charge >= 0.3 is 0 Å². The van der Waals surface area contributed by atoms with Crippen LogP contribution in [0.3, 0.4) is 0 Å². The van der Waals surface area contributed by atoms with Gasteiger partial charge in [0.25, 0.3) is 0 Å². The molecule has 1 saturated heterocycles. The molecule has 24 heavy (non-hydrogen) atoms. The van der Waals surface area contributed by atoms with Crippen molar-refractivity contribution in [2.45, 2.75) is 22.7 Å². The molecule has 1 fully saturated rings. The highest BCUT2D eigenvalue weighted by Crippen LogP contribution is 2.37. The molecule has 0 aliphatic carbocycles. The molecule has 0 bridgehead atoms. The van der Waals surface area contributed by atoms with E-state index in [9.17, 15) is 0 Å². The standard InChI is InChI=1S/C16H18Cl3N5/c1-24-9-7-12(8-10-24)20-15-22-13(11-5-3-2-4-6-11)21-14(23-15)16(17,18)19/h2-6,12H,7-10H2,1H3,(H,20,21,22,23). The van der Waals surface area contributed by atoms with Crippen molar-refractivity contribution < 1.29 is 0 Å². The second-order valence-electron chi connectivity index (χ2n) is 5.89. The van der Waals surface area contributed by atoms with Crippen molar-refractivity contribution >= 4 is 40.8 Å². The third-order valence-electron chi connectivity index (χ3n) is 3.97. The van der Waals surface area contributed by atoms with Gasteiger partial charge in [-0.1, -0.05) is 65.1 Å². The van der Waals surface area contributed by atoms with Gasteiger partial charge in [-0.25, -0.2) is 4.98 Å². The fourth-order valence-electron chi connectivity index (χ4n) is 2.62. The average molecular weight is 387 g/mol. The topological polar surface area (TPSA) is 53.9 Å². The van der Waals surface area contributed by atoms with Crippen LogP contribution in [0.15, 0.2) is 30.3 Å². The molecule has 8 heteroatoms. The van der Waals surface area contributed by atoms with Crippen molar-refractivity contribution in [2.75, 3.05) is 25.5 Å². The lowest BCUT2D eigenvalue weighted by Crippen LogP contribution is -2.37. The van der Waals surface area contributed by atoms with Gasteiger partial charge in [0.15, 0.2) is 11.6 Å². The van der Waals surface area contributed by atoms with Crippen molar-refractivity contribution in [3.63, 3.8) is 0 Å². The number of hydrogen-bond donors (Lipinski definition) is 1. The Morgan fingerprint density at radius 2 is 1.71 bits per heavy atom. The van der Waals surface area contributed by atoms with Crippen LogP contribution in [-0.2, 0) is 3.79 Å². The molecular formula is C16H18Cl3N5. The van der Waals surface area contributed by atoms with E-state index in [0.29, 0.717) is 17.8 Å². The Kier molecular flexibility index (Phi) is 5.45. The Bertz CT molecular complexity index is 682. The normalized spacial score (nSPS) is 17.0. The van der Waals surface area contributed by atoms with Crippen molar-refractivity contribution in [1.82, 2.24) is 19.9 Å². The van der Waals surface area contributed by atoms with Crippen molar-refractivity contribution in [1.29, 1.82) is 0 Å². The quantitative estimate of drug-likeness (QED) is 0.812. The molecule has 0 saturated carbocycles.